The number of fused-ring (bicyclic) bond motifs is 1. The second kappa shape index (κ2) is 7.30. The van der Waals surface area contributed by atoms with Crippen molar-refractivity contribution in [2.24, 2.45) is 7.05 Å². The maximum Gasteiger partial charge on any atom is 0.224 e. The van der Waals surface area contributed by atoms with Crippen molar-refractivity contribution in [3.8, 4) is 11.5 Å². The number of benzene rings is 2. The van der Waals surface area contributed by atoms with E-state index in [-0.39, 0.29) is 11.7 Å². The molecule has 1 amide bonds. The molecule has 130 valence electrons. The average Bonchev–Trinajstić information content (AvgIpc) is 2.91. The van der Waals surface area contributed by atoms with E-state index < -0.39 is 0 Å². The van der Waals surface area contributed by atoms with Crippen molar-refractivity contribution in [1.82, 2.24) is 9.88 Å². The van der Waals surface area contributed by atoms with Crippen LogP contribution in [-0.4, -0.2) is 29.2 Å². The molecule has 5 heteroatoms. The van der Waals surface area contributed by atoms with Gasteiger partial charge in [0.05, 0.1) is 13.5 Å². The first-order valence-corrected chi connectivity index (χ1v) is 8.23. The number of carbonyl (C=O) groups excluding carboxylic acids is 1. The standard InChI is InChI=1S/C20H22N2O3/c1-22-13-15(18-12-16(23)5-8-19(18)22)9-10-21-20(24)11-14-3-6-17(25-2)7-4-14/h3-8,12-13,23H,9-11H2,1-2H3,(H,21,24). The number of aromatic hydroxyl groups is 1. The minimum atomic E-state index is -0.00625. The SMILES string of the molecule is COc1ccc(CC(=O)NCCc2cn(C)c3ccc(O)cc23)cc1. The Balaban J connectivity index is 1.57. The summed E-state index contributed by atoms with van der Waals surface area (Å²) >= 11 is 0. The van der Waals surface area contributed by atoms with Crippen LogP contribution in [0, 0.1) is 0 Å². The van der Waals surface area contributed by atoms with Crippen LogP contribution in [0.3, 0.4) is 0 Å². The second-order valence-electron chi connectivity index (χ2n) is 6.09. The van der Waals surface area contributed by atoms with E-state index in [1.54, 1.807) is 19.2 Å². The summed E-state index contributed by atoms with van der Waals surface area (Å²) in [6, 6.07) is 12.8. The van der Waals surface area contributed by atoms with Gasteiger partial charge in [0, 0.05) is 30.7 Å². The Morgan fingerprint density at radius 3 is 2.68 bits per heavy atom. The number of amides is 1. The summed E-state index contributed by atoms with van der Waals surface area (Å²) in [6.07, 6.45) is 3.11. The molecule has 0 aliphatic heterocycles. The first-order chi connectivity index (χ1) is 12.1. The molecular formula is C20H22N2O3. The van der Waals surface area contributed by atoms with Crippen molar-refractivity contribution in [3.63, 3.8) is 0 Å². The fourth-order valence-corrected chi connectivity index (χ4v) is 2.99. The molecule has 0 fully saturated rings. The summed E-state index contributed by atoms with van der Waals surface area (Å²) < 4.78 is 7.14. The number of phenolic OH excluding ortho intramolecular Hbond substituents is 1. The summed E-state index contributed by atoms with van der Waals surface area (Å²) in [5, 5.41) is 13.7. The lowest BCUT2D eigenvalue weighted by atomic mass is 10.1. The van der Waals surface area contributed by atoms with Gasteiger partial charge < -0.3 is 19.7 Å². The van der Waals surface area contributed by atoms with Gasteiger partial charge in [-0.05, 0) is 47.9 Å². The van der Waals surface area contributed by atoms with Crippen molar-refractivity contribution < 1.29 is 14.6 Å². The average molecular weight is 338 g/mol. The van der Waals surface area contributed by atoms with E-state index in [0.29, 0.717) is 13.0 Å². The molecule has 0 unspecified atom stereocenters. The molecule has 0 radical (unpaired) electrons. The van der Waals surface area contributed by atoms with E-state index in [1.165, 1.54) is 0 Å². The van der Waals surface area contributed by atoms with Gasteiger partial charge in [0.25, 0.3) is 0 Å². The molecule has 0 saturated carbocycles. The van der Waals surface area contributed by atoms with E-state index in [0.717, 1.165) is 34.2 Å². The minimum absolute atomic E-state index is 0.00625. The van der Waals surface area contributed by atoms with Crippen LogP contribution in [0.15, 0.2) is 48.7 Å². The summed E-state index contributed by atoms with van der Waals surface area (Å²) in [7, 11) is 3.60. The van der Waals surface area contributed by atoms with Gasteiger partial charge in [-0.2, -0.15) is 0 Å². The van der Waals surface area contributed by atoms with Gasteiger partial charge in [-0.25, -0.2) is 0 Å². The largest absolute Gasteiger partial charge is 0.508 e. The van der Waals surface area contributed by atoms with Crippen molar-refractivity contribution >= 4 is 16.8 Å². The number of nitrogens with zero attached hydrogens (tertiary/aromatic N) is 1. The lowest BCUT2D eigenvalue weighted by Gasteiger charge is -2.06. The number of rotatable bonds is 6. The van der Waals surface area contributed by atoms with Crippen molar-refractivity contribution in [2.45, 2.75) is 12.8 Å². The molecule has 2 N–H and O–H groups in total. The zero-order valence-electron chi connectivity index (χ0n) is 14.5. The number of ether oxygens (including phenoxy) is 1. The molecule has 3 rings (SSSR count). The van der Waals surface area contributed by atoms with Gasteiger partial charge in [0.15, 0.2) is 0 Å². The van der Waals surface area contributed by atoms with Crippen molar-refractivity contribution in [2.75, 3.05) is 13.7 Å². The smallest absolute Gasteiger partial charge is 0.224 e. The Bertz CT molecular complexity index is 882. The Morgan fingerprint density at radius 2 is 1.96 bits per heavy atom. The Labute approximate surface area is 146 Å². The molecule has 5 nitrogen and oxygen atoms in total. The predicted octanol–water partition coefficient (Wildman–Crippen LogP) is 2.79. The van der Waals surface area contributed by atoms with E-state index in [2.05, 4.69) is 5.32 Å². The van der Waals surface area contributed by atoms with Crippen LogP contribution in [0.2, 0.25) is 0 Å². The van der Waals surface area contributed by atoms with E-state index in [1.807, 2.05) is 48.1 Å². The molecule has 0 spiro atoms. The van der Waals surface area contributed by atoms with E-state index >= 15 is 0 Å². The normalized spacial score (nSPS) is 10.8. The molecule has 2 aromatic carbocycles. The topological polar surface area (TPSA) is 63.5 Å². The number of carbonyl (C=O) groups is 1. The number of aryl methyl sites for hydroxylation is 1. The zero-order valence-corrected chi connectivity index (χ0v) is 14.5. The Morgan fingerprint density at radius 1 is 1.20 bits per heavy atom. The fourth-order valence-electron chi connectivity index (χ4n) is 2.99. The maximum atomic E-state index is 12.1. The first-order valence-electron chi connectivity index (χ1n) is 8.23. The summed E-state index contributed by atoms with van der Waals surface area (Å²) in [5.41, 5.74) is 3.13. The van der Waals surface area contributed by atoms with Crippen molar-refractivity contribution in [1.29, 1.82) is 0 Å². The quantitative estimate of drug-likeness (QED) is 0.726. The molecule has 1 aromatic heterocycles. The highest BCUT2D eigenvalue weighted by atomic mass is 16.5. The summed E-state index contributed by atoms with van der Waals surface area (Å²) in [5.74, 6) is 1.03. The molecule has 0 atom stereocenters. The Hall–Kier alpha value is -2.95. The summed E-state index contributed by atoms with van der Waals surface area (Å²) in [6.45, 7) is 0.559. The third kappa shape index (κ3) is 3.94. The number of nitrogens with one attached hydrogen (secondary N) is 1. The van der Waals surface area contributed by atoms with Crippen LogP contribution in [0.1, 0.15) is 11.1 Å². The van der Waals surface area contributed by atoms with E-state index in [9.17, 15) is 9.90 Å². The molecule has 1 heterocycles. The third-order valence-electron chi connectivity index (χ3n) is 4.30. The van der Waals surface area contributed by atoms with Gasteiger partial charge in [-0.1, -0.05) is 12.1 Å². The second-order valence-corrected chi connectivity index (χ2v) is 6.09. The van der Waals surface area contributed by atoms with Gasteiger partial charge in [-0.3, -0.25) is 4.79 Å². The first kappa shape index (κ1) is 16.9. The third-order valence-corrected chi connectivity index (χ3v) is 4.30. The highest BCUT2D eigenvalue weighted by molar-refractivity contribution is 5.85. The molecule has 0 aliphatic carbocycles. The number of phenols is 1. The lowest BCUT2D eigenvalue weighted by molar-refractivity contribution is -0.120. The lowest BCUT2D eigenvalue weighted by Crippen LogP contribution is -2.27. The molecular weight excluding hydrogens is 316 g/mol. The van der Waals surface area contributed by atoms with Crippen LogP contribution in [0.4, 0.5) is 0 Å². The van der Waals surface area contributed by atoms with Crippen LogP contribution in [0.5, 0.6) is 11.5 Å². The van der Waals surface area contributed by atoms with Crippen LogP contribution < -0.4 is 10.1 Å². The highest BCUT2D eigenvalue weighted by Gasteiger charge is 2.08. The van der Waals surface area contributed by atoms with Crippen LogP contribution >= 0.6 is 0 Å². The van der Waals surface area contributed by atoms with Gasteiger partial charge in [0.2, 0.25) is 5.91 Å². The van der Waals surface area contributed by atoms with Crippen molar-refractivity contribution in [3.05, 3.63) is 59.8 Å². The number of hydrogen-bond acceptors (Lipinski definition) is 3. The zero-order chi connectivity index (χ0) is 17.8. The highest BCUT2D eigenvalue weighted by Crippen LogP contribution is 2.25. The molecule has 0 saturated heterocycles. The number of hydrogen-bond donors (Lipinski definition) is 2. The summed E-state index contributed by atoms with van der Waals surface area (Å²) in [4.78, 5) is 12.1. The molecule has 0 bridgehead atoms. The molecule has 0 aliphatic rings. The van der Waals surface area contributed by atoms with Gasteiger partial charge >= 0.3 is 0 Å². The monoisotopic (exact) mass is 338 g/mol. The Kier molecular flexibility index (Phi) is 4.93. The van der Waals surface area contributed by atoms with Gasteiger partial charge in [-0.15, -0.1) is 0 Å². The number of methoxy groups -OCH3 is 1. The minimum Gasteiger partial charge on any atom is -0.508 e. The van der Waals surface area contributed by atoms with Crippen LogP contribution in [-0.2, 0) is 24.7 Å². The molecule has 25 heavy (non-hydrogen) atoms. The predicted molar refractivity (Wildman–Crippen MR) is 98.0 cm³/mol. The fraction of sp³-hybridized carbons (Fsp3) is 0.250. The number of aromatic nitrogens is 1. The van der Waals surface area contributed by atoms with E-state index in [4.69, 9.17) is 4.74 Å². The van der Waals surface area contributed by atoms with Gasteiger partial charge in [0.1, 0.15) is 11.5 Å². The van der Waals surface area contributed by atoms with Crippen LogP contribution in [0.25, 0.3) is 10.9 Å². The molecule has 3 aromatic rings. The maximum absolute atomic E-state index is 12.1.